The van der Waals surface area contributed by atoms with Crippen molar-refractivity contribution in [1.29, 1.82) is 0 Å². The minimum Gasteiger partial charge on any atom is -0.302 e. The van der Waals surface area contributed by atoms with Gasteiger partial charge in [0.2, 0.25) is 0 Å². The molecule has 0 unspecified atom stereocenters. The molecular weight excluding hydrogens is 278 g/mol. The quantitative estimate of drug-likeness (QED) is 0.863. The molecule has 1 aliphatic heterocycles. The topological polar surface area (TPSA) is 58.1 Å². The summed E-state index contributed by atoms with van der Waals surface area (Å²) in [5.41, 5.74) is -0.183. The van der Waals surface area contributed by atoms with Crippen LogP contribution >= 0.6 is 11.6 Å². The molecule has 2 rings (SSSR count). The average Bonchev–Trinajstić information content (AvgIpc) is 2.38. The largest absolute Gasteiger partial charge is 0.329 e. The van der Waals surface area contributed by atoms with Crippen LogP contribution in [-0.4, -0.2) is 34.1 Å². The molecule has 1 saturated heterocycles. The molecule has 0 aliphatic carbocycles. The fourth-order valence-corrected chi connectivity index (χ4v) is 3.07. The number of halogens is 1. The molecule has 2 heterocycles. The van der Waals surface area contributed by atoms with Crippen molar-refractivity contribution in [2.75, 3.05) is 19.6 Å². The number of aromatic nitrogens is 2. The second kappa shape index (κ2) is 6.59. The van der Waals surface area contributed by atoms with Crippen LogP contribution in [0.4, 0.5) is 0 Å². The summed E-state index contributed by atoms with van der Waals surface area (Å²) in [5.74, 6) is -0.00640. The number of likely N-dealkylation sites (tertiary alicyclic amines) is 1. The number of H-pyrrole nitrogens is 1. The molecule has 0 spiro atoms. The molecule has 1 aromatic heterocycles. The molecule has 0 saturated carbocycles. The first-order valence-corrected chi connectivity index (χ1v) is 7.63. The number of hydrogen-bond acceptors (Lipinski definition) is 3. The highest BCUT2D eigenvalue weighted by Gasteiger charge is 2.16. The Labute approximate surface area is 123 Å². The molecule has 6 heteroatoms. The van der Waals surface area contributed by atoms with Gasteiger partial charge in [-0.3, -0.25) is 14.3 Å². The maximum atomic E-state index is 12.4. The Bertz CT molecular complexity index is 571. The third kappa shape index (κ3) is 3.33. The molecule has 0 amide bonds. The summed E-state index contributed by atoms with van der Waals surface area (Å²) >= 11 is 5.97. The highest BCUT2D eigenvalue weighted by molar-refractivity contribution is 6.30. The zero-order valence-electron chi connectivity index (χ0n) is 12.1. The monoisotopic (exact) mass is 299 g/mol. The normalized spacial score (nSPS) is 16.8. The van der Waals surface area contributed by atoms with E-state index in [4.69, 9.17) is 11.6 Å². The second-order valence-corrected chi connectivity index (χ2v) is 6.05. The van der Waals surface area contributed by atoms with E-state index in [1.165, 1.54) is 23.8 Å². The summed E-state index contributed by atoms with van der Waals surface area (Å²) in [4.78, 5) is 29.2. The molecule has 1 N–H and O–H groups in total. The predicted octanol–water partition coefficient (Wildman–Crippen LogP) is 1.80. The highest BCUT2D eigenvalue weighted by atomic mass is 35.5. The van der Waals surface area contributed by atoms with Gasteiger partial charge in [-0.25, -0.2) is 4.79 Å². The Kier molecular flexibility index (Phi) is 5.05. The van der Waals surface area contributed by atoms with Crippen LogP contribution in [0, 0.1) is 0 Å². The van der Waals surface area contributed by atoms with E-state index in [-0.39, 0.29) is 16.6 Å². The number of hydrogen-bond donors (Lipinski definition) is 1. The zero-order chi connectivity index (χ0) is 14.7. The lowest BCUT2D eigenvalue weighted by Gasteiger charge is -2.26. The fraction of sp³-hybridized carbons (Fsp3) is 0.714. The van der Waals surface area contributed by atoms with Crippen molar-refractivity contribution >= 4 is 11.6 Å². The van der Waals surface area contributed by atoms with Gasteiger partial charge in [-0.1, -0.05) is 31.9 Å². The standard InChI is InChI=1S/C14H22ClN3O2/c1-10(2)11-12(15)16-14(20)18(13(11)19)9-8-17-6-4-3-5-7-17/h10H,3-9H2,1-2H3,(H,16,20). The van der Waals surface area contributed by atoms with Crippen LogP contribution in [-0.2, 0) is 6.54 Å². The zero-order valence-corrected chi connectivity index (χ0v) is 12.9. The lowest BCUT2D eigenvalue weighted by molar-refractivity contribution is 0.218. The summed E-state index contributed by atoms with van der Waals surface area (Å²) in [7, 11) is 0. The fourth-order valence-electron chi connectivity index (χ4n) is 2.69. The maximum Gasteiger partial charge on any atom is 0.329 e. The van der Waals surface area contributed by atoms with Crippen LogP contribution in [0.2, 0.25) is 5.15 Å². The van der Waals surface area contributed by atoms with Crippen molar-refractivity contribution in [1.82, 2.24) is 14.5 Å². The van der Waals surface area contributed by atoms with Crippen molar-refractivity contribution in [3.63, 3.8) is 0 Å². The van der Waals surface area contributed by atoms with Gasteiger partial charge in [0.05, 0.1) is 5.56 Å². The van der Waals surface area contributed by atoms with Gasteiger partial charge in [-0.2, -0.15) is 0 Å². The Morgan fingerprint density at radius 2 is 1.80 bits per heavy atom. The molecule has 0 atom stereocenters. The first-order valence-electron chi connectivity index (χ1n) is 7.25. The van der Waals surface area contributed by atoms with Gasteiger partial charge in [-0.05, 0) is 31.8 Å². The molecule has 20 heavy (non-hydrogen) atoms. The summed E-state index contributed by atoms with van der Waals surface area (Å²) in [5, 5.41) is 0.171. The van der Waals surface area contributed by atoms with Gasteiger partial charge in [0, 0.05) is 13.1 Å². The van der Waals surface area contributed by atoms with E-state index in [9.17, 15) is 9.59 Å². The van der Waals surface area contributed by atoms with Gasteiger partial charge < -0.3 is 4.90 Å². The Hall–Kier alpha value is -1.07. The molecule has 1 fully saturated rings. The van der Waals surface area contributed by atoms with Gasteiger partial charge in [0.25, 0.3) is 5.56 Å². The van der Waals surface area contributed by atoms with Crippen LogP contribution in [0.1, 0.15) is 44.6 Å². The Morgan fingerprint density at radius 3 is 2.40 bits per heavy atom. The summed E-state index contributed by atoms with van der Waals surface area (Å²) in [6.07, 6.45) is 3.67. The smallest absolute Gasteiger partial charge is 0.302 e. The third-order valence-corrected chi connectivity index (χ3v) is 4.14. The van der Waals surface area contributed by atoms with Crippen LogP contribution in [0.15, 0.2) is 9.59 Å². The van der Waals surface area contributed by atoms with E-state index in [1.807, 2.05) is 13.8 Å². The molecule has 0 radical (unpaired) electrons. The minimum atomic E-state index is -0.415. The van der Waals surface area contributed by atoms with Crippen molar-refractivity contribution < 1.29 is 0 Å². The van der Waals surface area contributed by atoms with Crippen LogP contribution in [0.25, 0.3) is 0 Å². The molecular formula is C14H22ClN3O2. The summed E-state index contributed by atoms with van der Waals surface area (Å²) < 4.78 is 1.27. The molecule has 1 aliphatic rings. The predicted molar refractivity (Wildman–Crippen MR) is 80.7 cm³/mol. The summed E-state index contributed by atoms with van der Waals surface area (Å²) in [6, 6.07) is 0. The van der Waals surface area contributed by atoms with Gasteiger partial charge in [-0.15, -0.1) is 0 Å². The Morgan fingerprint density at radius 1 is 1.15 bits per heavy atom. The SMILES string of the molecule is CC(C)c1c(Cl)[nH]c(=O)n(CCN2CCCCC2)c1=O. The van der Waals surface area contributed by atoms with Crippen molar-refractivity contribution in [2.24, 2.45) is 0 Å². The van der Waals surface area contributed by atoms with E-state index in [0.29, 0.717) is 12.1 Å². The van der Waals surface area contributed by atoms with E-state index in [0.717, 1.165) is 19.6 Å². The van der Waals surface area contributed by atoms with Crippen LogP contribution < -0.4 is 11.2 Å². The third-order valence-electron chi connectivity index (χ3n) is 3.84. The van der Waals surface area contributed by atoms with Crippen LogP contribution in [0.3, 0.4) is 0 Å². The van der Waals surface area contributed by atoms with E-state index in [1.54, 1.807) is 0 Å². The first kappa shape index (κ1) is 15.3. The Balaban J connectivity index is 2.21. The average molecular weight is 300 g/mol. The molecule has 1 aromatic rings. The molecule has 112 valence electrons. The van der Waals surface area contributed by atoms with Crippen molar-refractivity contribution in [2.45, 2.75) is 45.6 Å². The molecule has 0 bridgehead atoms. The van der Waals surface area contributed by atoms with Gasteiger partial charge in [0.1, 0.15) is 5.15 Å². The maximum absolute atomic E-state index is 12.4. The van der Waals surface area contributed by atoms with Crippen molar-refractivity contribution in [3.05, 3.63) is 31.6 Å². The van der Waals surface area contributed by atoms with E-state index < -0.39 is 5.69 Å². The molecule has 0 aromatic carbocycles. The number of piperidine rings is 1. The van der Waals surface area contributed by atoms with Gasteiger partial charge in [0.15, 0.2) is 0 Å². The number of nitrogens with zero attached hydrogens (tertiary/aromatic N) is 2. The van der Waals surface area contributed by atoms with E-state index in [2.05, 4.69) is 9.88 Å². The number of rotatable bonds is 4. The van der Waals surface area contributed by atoms with Gasteiger partial charge >= 0.3 is 5.69 Å². The lowest BCUT2D eigenvalue weighted by atomic mass is 10.1. The number of aromatic amines is 1. The highest BCUT2D eigenvalue weighted by Crippen LogP contribution is 2.16. The number of nitrogens with one attached hydrogen (secondary N) is 1. The lowest BCUT2D eigenvalue weighted by Crippen LogP contribution is -2.42. The van der Waals surface area contributed by atoms with Crippen molar-refractivity contribution in [3.8, 4) is 0 Å². The van der Waals surface area contributed by atoms with E-state index >= 15 is 0 Å². The molecule has 5 nitrogen and oxygen atoms in total. The second-order valence-electron chi connectivity index (χ2n) is 5.67. The first-order chi connectivity index (χ1) is 9.50. The van der Waals surface area contributed by atoms with Crippen LogP contribution in [0.5, 0.6) is 0 Å². The summed E-state index contributed by atoms with van der Waals surface area (Å²) in [6.45, 7) is 7.06. The minimum absolute atomic E-state index is 0.00640.